The Labute approximate surface area is 159 Å². The molecule has 1 amide bonds. The van der Waals surface area contributed by atoms with Crippen LogP contribution in [0, 0.1) is 0 Å². The topological polar surface area (TPSA) is 68.5 Å². The number of carbonyl (C=O) groups is 1. The number of ether oxygens (including phenoxy) is 1. The van der Waals surface area contributed by atoms with Crippen molar-refractivity contribution in [2.75, 3.05) is 6.54 Å². The first-order valence-corrected chi connectivity index (χ1v) is 9.96. The van der Waals surface area contributed by atoms with Gasteiger partial charge in [0.05, 0.1) is 11.7 Å². The van der Waals surface area contributed by atoms with Gasteiger partial charge in [0.1, 0.15) is 10.6 Å². The Morgan fingerprint density at radius 3 is 2.77 bits per heavy atom. The number of thiazole rings is 1. The van der Waals surface area contributed by atoms with Crippen LogP contribution in [0.15, 0.2) is 35.7 Å². The van der Waals surface area contributed by atoms with Gasteiger partial charge in [-0.25, -0.2) is 9.78 Å². The van der Waals surface area contributed by atoms with Crippen LogP contribution in [0.25, 0.3) is 10.6 Å². The normalized spacial score (nSPS) is 20.8. The Balaban J connectivity index is 1.75. The third kappa shape index (κ3) is 4.62. The lowest BCUT2D eigenvalue weighted by Gasteiger charge is -2.40. The fourth-order valence-electron chi connectivity index (χ4n) is 3.22. The number of benzene rings is 1. The van der Waals surface area contributed by atoms with Gasteiger partial charge in [0.25, 0.3) is 0 Å². The van der Waals surface area contributed by atoms with Gasteiger partial charge in [-0.3, -0.25) is 0 Å². The van der Waals surface area contributed by atoms with Crippen molar-refractivity contribution in [3.05, 3.63) is 41.4 Å². The lowest BCUT2D eigenvalue weighted by atomic mass is 9.94. The molecule has 3 rings (SSSR count). The van der Waals surface area contributed by atoms with Gasteiger partial charge in [0, 0.05) is 30.0 Å². The standard InChI is InChI=1S/C20H27N3O2S/c1-20(2,3)25-19(24)23-11-7-10-16(21)17(23)12-15-13-26-18(22-15)14-8-5-4-6-9-14/h4-6,8-9,13,16-17H,7,10-12,21H2,1-3H3. The monoisotopic (exact) mass is 373 g/mol. The maximum absolute atomic E-state index is 12.6. The van der Waals surface area contributed by atoms with Gasteiger partial charge in [0.2, 0.25) is 0 Å². The number of piperidine rings is 1. The summed E-state index contributed by atoms with van der Waals surface area (Å²) in [6, 6.07) is 10.00. The van der Waals surface area contributed by atoms with E-state index in [-0.39, 0.29) is 18.2 Å². The molecule has 1 aliphatic rings. The van der Waals surface area contributed by atoms with E-state index in [1.807, 2.05) is 39.0 Å². The van der Waals surface area contributed by atoms with E-state index in [1.165, 1.54) is 0 Å². The largest absolute Gasteiger partial charge is 0.444 e. The smallest absolute Gasteiger partial charge is 0.410 e. The van der Waals surface area contributed by atoms with Gasteiger partial charge in [0.15, 0.2) is 0 Å². The molecule has 2 N–H and O–H groups in total. The maximum Gasteiger partial charge on any atom is 0.410 e. The molecule has 1 aliphatic heterocycles. The summed E-state index contributed by atoms with van der Waals surface area (Å²) in [5.41, 5.74) is 7.94. The minimum absolute atomic E-state index is 0.0573. The molecule has 140 valence electrons. The number of hydrogen-bond acceptors (Lipinski definition) is 5. The van der Waals surface area contributed by atoms with E-state index >= 15 is 0 Å². The SMILES string of the molecule is CC(C)(C)OC(=O)N1CCCC(N)C1Cc1csc(-c2ccccc2)n1. The van der Waals surface area contributed by atoms with E-state index in [9.17, 15) is 4.79 Å². The number of nitrogens with zero attached hydrogens (tertiary/aromatic N) is 2. The lowest BCUT2D eigenvalue weighted by Crippen LogP contribution is -2.56. The summed E-state index contributed by atoms with van der Waals surface area (Å²) in [5.74, 6) is 0. The van der Waals surface area contributed by atoms with Crippen LogP contribution in [0.1, 0.15) is 39.3 Å². The number of likely N-dealkylation sites (tertiary alicyclic amines) is 1. The van der Waals surface area contributed by atoms with E-state index in [1.54, 1.807) is 16.2 Å². The molecule has 0 radical (unpaired) electrons. The Morgan fingerprint density at radius 1 is 1.35 bits per heavy atom. The molecule has 2 unspecified atom stereocenters. The zero-order valence-corrected chi connectivity index (χ0v) is 16.5. The molecule has 6 heteroatoms. The first-order chi connectivity index (χ1) is 12.3. The average molecular weight is 374 g/mol. The molecule has 26 heavy (non-hydrogen) atoms. The lowest BCUT2D eigenvalue weighted by molar-refractivity contribution is 0.00686. The molecular weight excluding hydrogens is 346 g/mol. The van der Waals surface area contributed by atoms with Gasteiger partial charge in [-0.05, 0) is 33.6 Å². The van der Waals surface area contributed by atoms with Gasteiger partial charge >= 0.3 is 6.09 Å². The highest BCUT2D eigenvalue weighted by atomic mass is 32.1. The molecule has 1 aromatic heterocycles. The molecule has 0 aliphatic carbocycles. The summed E-state index contributed by atoms with van der Waals surface area (Å²) in [6.45, 7) is 6.34. The highest BCUT2D eigenvalue weighted by Gasteiger charge is 2.35. The molecular formula is C20H27N3O2S. The van der Waals surface area contributed by atoms with Crippen molar-refractivity contribution in [1.29, 1.82) is 0 Å². The van der Waals surface area contributed by atoms with E-state index in [0.29, 0.717) is 13.0 Å². The first-order valence-electron chi connectivity index (χ1n) is 9.08. The second-order valence-corrected chi connectivity index (χ2v) is 8.62. The van der Waals surface area contributed by atoms with Crippen LogP contribution in [0.5, 0.6) is 0 Å². The second kappa shape index (κ2) is 7.76. The van der Waals surface area contributed by atoms with Gasteiger partial charge in [-0.1, -0.05) is 30.3 Å². The van der Waals surface area contributed by atoms with Crippen LogP contribution >= 0.6 is 11.3 Å². The molecule has 1 saturated heterocycles. The fourth-order valence-corrected chi connectivity index (χ4v) is 4.06. The van der Waals surface area contributed by atoms with E-state index in [4.69, 9.17) is 15.5 Å². The molecule has 0 bridgehead atoms. The van der Waals surface area contributed by atoms with Crippen LogP contribution in [-0.4, -0.2) is 40.2 Å². The number of hydrogen-bond donors (Lipinski definition) is 1. The summed E-state index contributed by atoms with van der Waals surface area (Å²) in [4.78, 5) is 19.2. The molecule has 1 fully saturated rings. The predicted molar refractivity (Wildman–Crippen MR) is 105 cm³/mol. The third-order valence-corrected chi connectivity index (χ3v) is 5.39. The summed E-state index contributed by atoms with van der Waals surface area (Å²) in [6.07, 6.45) is 2.20. The van der Waals surface area contributed by atoms with Gasteiger partial charge < -0.3 is 15.4 Å². The molecule has 2 aromatic rings. The average Bonchev–Trinajstić information content (AvgIpc) is 3.04. The van der Waals surface area contributed by atoms with E-state index in [0.717, 1.165) is 29.1 Å². The molecule has 2 atom stereocenters. The molecule has 0 saturated carbocycles. The second-order valence-electron chi connectivity index (χ2n) is 7.76. The maximum atomic E-state index is 12.6. The van der Waals surface area contributed by atoms with Crippen molar-refractivity contribution in [3.63, 3.8) is 0 Å². The van der Waals surface area contributed by atoms with E-state index < -0.39 is 5.60 Å². The quantitative estimate of drug-likeness (QED) is 0.880. The third-order valence-electron chi connectivity index (χ3n) is 4.45. The van der Waals surface area contributed by atoms with Crippen molar-refractivity contribution in [1.82, 2.24) is 9.88 Å². The minimum Gasteiger partial charge on any atom is -0.444 e. The van der Waals surface area contributed by atoms with Crippen molar-refractivity contribution in [2.45, 2.75) is 57.7 Å². The Morgan fingerprint density at radius 2 is 2.08 bits per heavy atom. The molecule has 0 spiro atoms. The summed E-state index contributed by atoms with van der Waals surface area (Å²) in [5, 5.41) is 3.06. The molecule has 2 heterocycles. The Kier molecular flexibility index (Phi) is 5.63. The first kappa shape index (κ1) is 18.9. The Hall–Kier alpha value is -1.92. The zero-order chi connectivity index (χ0) is 18.7. The molecule has 1 aromatic carbocycles. The fraction of sp³-hybridized carbons (Fsp3) is 0.500. The van der Waals surface area contributed by atoms with Crippen molar-refractivity contribution >= 4 is 17.4 Å². The predicted octanol–water partition coefficient (Wildman–Crippen LogP) is 4.08. The zero-order valence-electron chi connectivity index (χ0n) is 15.6. The van der Waals surface area contributed by atoms with Crippen molar-refractivity contribution in [2.24, 2.45) is 5.73 Å². The van der Waals surface area contributed by atoms with Crippen LogP contribution in [0.2, 0.25) is 0 Å². The van der Waals surface area contributed by atoms with E-state index in [2.05, 4.69) is 17.5 Å². The number of aromatic nitrogens is 1. The van der Waals surface area contributed by atoms with Crippen LogP contribution in [-0.2, 0) is 11.2 Å². The van der Waals surface area contributed by atoms with Crippen molar-refractivity contribution < 1.29 is 9.53 Å². The van der Waals surface area contributed by atoms with Crippen LogP contribution in [0.3, 0.4) is 0 Å². The summed E-state index contributed by atoms with van der Waals surface area (Å²) in [7, 11) is 0. The number of carbonyl (C=O) groups excluding carboxylic acids is 1. The summed E-state index contributed by atoms with van der Waals surface area (Å²) >= 11 is 1.63. The number of rotatable bonds is 3. The van der Waals surface area contributed by atoms with Crippen LogP contribution < -0.4 is 5.73 Å². The summed E-state index contributed by atoms with van der Waals surface area (Å²) < 4.78 is 5.58. The number of nitrogens with two attached hydrogens (primary N) is 1. The Bertz CT molecular complexity index is 739. The highest BCUT2D eigenvalue weighted by Crippen LogP contribution is 2.27. The molecule has 5 nitrogen and oxygen atoms in total. The highest BCUT2D eigenvalue weighted by molar-refractivity contribution is 7.13. The minimum atomic E-state index is -0.510. The van der Waals surface area contributed by atoms with Crippen molar-refractivity contribution in [3.8, 4) is 10.6 Å². The van der Waals surface area contributed by atoms with Crippen LogP contribution in [0.4, 0.5) is 4.79 Å². The number of amides is 1. The van der Waals surface area contributed by atoms with Gasteiger partial charge in [-0.2, -0.15) is 0 Å². The van der Waals surface area contributed by atoms with Gasteiger partial charge in [-0.15, -0.1) is 11.3 Å².